The fraction of sp³-hybridized carbons (Fsp3) is 0.360. The molecule has 0 aliphatic heterocycles. The summed E-state index contributed by atoms with van der Waals surface area (Å²) in [6.45, 7) is 4.00. The molecule has 1 N–H and O–H groups in total. The molecule has 35 heavy (non-hydrogen) atoms. The van der Waals surface area contributed by atoms with E-state index in [-0.39, 0.29) is 34.8 Å². The summed E-state index contributed by atoms with van der Waals surface area (Å²) < 4.78 is 80.6. The lowest BCUT2D eigenvalue weighted by atomic mass is 9.99. The molecule has 0 fully saturated rings. The van der Waals surface area contributed by atoms with Crippen LogP contribution in [-0.2, 0) is 12.4 Å². The second-order valence-electron chi connectivity index (χ2n) is 8.36. The van der Waals surface area contributed by atoms with Crippen molar-refractivity contribution >= 4 is 5.91 Å². The van der Waals surface area contributed by atoms with Crippen LogP contribution >= 0.6 is 0 Å². The second kappa shape index (κ2) is 10.5. The largest absolute Gasteiger partial charge is 0.416 e. The van der Waals surface area contributed by atoms with Gasteiger partial charge in [-0.15, -0.1) is 0 Å². The summed E-state index contributed by atoms with van der Waals surface area (Å²) in [5.74, 6) is -0.330. The zero-order valence-electron chi connectivity index (χ0n) is 19.2. The molecular formula is C25H25F6N3O. The Labute approximate surface area is 199 Å². The number of nitrogens with zero attached hydrogens (tertiary/aromatic N) is 2. The molecule has 0 bridgehead atoms. The van der Waals surface area contributed by atoms with Gasteiger partial charge in [-0.1, -0.05) is 38.3 Å². The third-order valence-corrected chi connectivity index (χ3v) is 5.56. The van der Waals surface area contributed by atoms with Crippen molar-refractivity contribution < 1.29 is 31.1 Å². The monoisotopic (exact) mass is 497 g/mol. The molecule has 0 saturated carbocycles. The molecule has 1 heterocycles. The van der Waals surface area contributed by atoms with Crippen LogP contribution in [0, 0.1) is 0 Å². The van der Waals surface area contributed by atoms with Crippen molar-refractivity contribution in [1.29, 1.82) is 0 Å². The number of halogens is 6. The summed E-state index contributed by atoms with van der Waals surface area (Å²) >= 11 is 0. The van der Waals surface area contributed by atoms with E-state index in [1.54, 1.807) is 0 Å². The van der Waals surface area contributed by atoms with Gasteiger partial charge in [-0.2, -0.15) is 26.3 Å². The van der Waals surface area contributed by atoms with Crippen molar-refractivity contribution in [2.24, 2.45) is 0 Å². The fourth-order valence-electron chi connectivity index (χ4n) is 3.68. The average Bonchev–Trinajstić information content (AvgIpc) is 3.28. The summed E-state index contributed by atoms with van der Waals surface area (Å²) in [5.41, 5.74) is -2.07. The Morgan fingerprint density at radius 1 is 0.943 bits per heavy atom. The van der Waals surface area contributed by atoms with Crippen LogP contribution in [0.2, 0.25) is 0 Å². The zero-order chi connectivity index (χ0) is 25.8. The maximum absolute atomic E-state index is 13.2. The third kappa shape index (κ3) is 6.64. The first-order valence-electron chi connectivity index (χ1n) is 11.1. The van der Waals surface area contributed by atoms with Crippen molar-refractivity contribution in [1.82, 2.24) is 14.9 Å². The van der Waals surface area contributed by atoms with E-state index < -0.39 is 23.5 Å². The van der Waals surface area contributed by atoms with E-state index in [9.17, 15) is 31.1 Å². The van der Waals surface area contributed by atoms with Crippen LogP contribution in [0.15, 0.2) is 55.0 Å². The highest BCUT2D eigenvalue weighted by atomic mass is 19.4. The highest BCUT2D eigenvalue weighted by molar-refractivity contribution is 5.93. The number of nitrogens with one attached hydrogen (secondary N) is 1. The van der Waals surface area contributed by atoms with Crippen LogP contribution in [0.1, 0.15) is 61.1 Å². The highest BCUT2D eigenvalue weighted by Gasteiger charge is 2.37. The third-order valence-electron chi connectivity index (χ3n) is 5.56. The number of carbonyl (C=O) groups excluding carboxylic acids is 1. The number of alkyl halides is 6. The summed E-state index contributed by atoms with van der Waals surface area (Å²) in [4.78, 5) is 16.7. The number of hydrogen-bond acceptors (Lipinski definition) is 2. The van der Waals surface area contributed by atoms with Crippen LogP contribution in [-0.4, -0.2) is 21.5 Å². The van der Waals surface area contributed by atoms with Gasteiger partial charge < -0.3 is 5.32 Å². The molecule has 10 heteroatoms. The predicted octanol–water partition coefficient (Wildman–Crippen LogP) is 7.28. The van der Waals surface area contributed by atoms with Crippen LogP contribution in [0.25, 0.3) is 16.8 Å². The molecule has 3 aromatic rings. The summed E-state index contributed by atoms with van der Waals surface area (Å²) in [7, 11) is 0. The number of benzene rings is 2. The number of imidazole rings is 1. The first-order valence-corrected chi connectivity index (χ1v) is 11.1. The number of carbonyl (C=O) groups is 1. The zero-order valence-corrected chi connectivity index (χ0v) is 19.2. The molecule has 1 atom stereocenters. The number of rotatable bonds is 8. The lowest BCUT2D eigenvalue weighted by Crippen LogP contribution is -2.33. The Hall–Kier alpha value is -3.30. The predicted molar refractivity (Wildman–Crippen MR) is 120 cm³/mol. The smallest absolute Gasteiger partial charge is 0.348 e. The second-order valence-corrected chi connectivity index (χ2v) is 8.36. The summed E-state index contributed by atoms with van der Waals surface area (Å²) in [6, 6.07) is 7.24. The molecule has 0 radical (unpaired) electrons. The van der Waals surface area contributed by atoms with Crippen molar-refractivity contribution in [2.75, 3.05) is 0 Å². The average molecular weight is 497 g/mol. The van der Waals surface area contributed by atoms with Crippen LogP contribution < -0.4 is 5.32 Å². The van der Waals surface area contributed by atoms with Gasteiger partial charge in [0.1, 0.15) is 5.69 Å². The van der Waals surface area contributed by atoms with E-state index in [1.165, 1.54) is 41.4 Å². The molecule has 1 aromatic heterocycles. The minimum atomic E-state index is -4.93. The van der Waals surface area contributed by atoms with Gasteiger partial charge in [0.2, 0.25) is 0 Å². The van der Waals surface area contributed by atoms with E-state index in [2.05, 4.69) is 17.2 Å². The minimum absolute atomic E-state index is 0.0384. The Balaban J connectivity index is 1.86. The maximum atomic E-state index is 13.2. The van der Waals surface area contributed by atoms with Gasteiger partial charge in [-0.05, 0) is 54.8 Å². The summed E-state index contributed by atoms with van der Waals surface area (Å²) in [6.07, 6.45) is -3.08. The molecule has 0 saturated heterocycles. The molecule has 4 nitrogen and oxygen atoms in total. The van der Waals surface area contributed by atoms with E-state index in [4.69, 9.17) is 0 Å². The van der Waals surface area contributed by atoms with Gasteiger partial charge in [0.15, 0.2) is 0 Å². The Bertz CT molecular complexity index is 1120. The molecule has 0 unspecified atom stereocenters. The van der Waals surface area contributed by atoms with E-state index in [0.717, 1.165) is 25.7 Å². The van der Waals surface area contributed by atoms with Crippen molar-refractivity contribution in [3.8, 4) is 16.8 Å². The molecule has 3 rings (SSSR count). The highest BCUT2D eigenvalue weighted by Crippen LogP contribution is 2.38. The van der Waals surface area contributed by atoms with E-state index >= 15 is 0 Å². The summed E-state index contributed by atoms with van der Waals surface area (Å²) in [5, 5.41) is 2.92. The van der Waals surface area contributed by atoms with Crippen molar-refractivity contribution in [3.05, 3.63) is 71.8 Å². The van der Waals surface area contributed by atoms with Crippen LogP contribution in [0.3, 0.4) is 0 Å². The Kier molecular flexibility index (Phi) is 7.92. The van der Waals surface area contributed by atoms with Gasteiger partial charge in [-0.3, -0.25) is 9.36 Å². The van der Waals surface area contributed by atoms with Gasteiger partial charge in [0.25, 0.3) is 5.91 Å². The van der Waals surface area contributed by atoms with Crippen LogP contribution in [0.4, 0.5) is 26.3 Å². The SMILES string of the molecule is CCCCC[C@@H](C)NC(=O)c1cncn1-c1ccc(-c2cc(C(F)(F)F)cc(C(F)(F)F)c2)cc1. The molecule has 0 aliphatic carbocycles. The first-order chi connectivity index (χ1) is 16.4. The lowest BCUT2D eigenvalue weighted by Gasteiger charge is -2.16. The number of unbranched alkanes of at least 4 members (excludes halogenated alkanes) is 2. The topological polar surface area (TPSA) is 46.9 Å². The van der Waals surface area contributed by atoms with E-state index in [0.29, 0.717) is 17.8 Å². The molecule has 2 aromatic carbocycles. The van der Waals surface area contributed by atoms with Crippen LogP contribution in [0.5, 0.6) is 0 Å². The Morgan fingerprint density at radius 3 is 2.09 bits per heavy atom. The Morgan fingerprint density at radius 2 is 1.54 bits per heavy atom. The normalized spacial score (nSPS) is 13.0. The minimum Gasteiger partial charge on any atom is -0.348 e. The standard InChI is InChI=1S/C25H25F6N3O/c1-3-4-5-6-16(2)33-23(35)22-14-32-15-34(22)21-9-7-17(8-10-21)18-11-19(24(26,27)28)13-20(12-18)25(29,30)31/h7-16H,3-6H2,1-2H3,(H,33,35)/t16-/m1/s1. The fourth-order valence-corrected chi connectivity index (χ4v) is 3.68. The maximum Gasteiger partial charge on any atom is 0.416 e. The molecule has 0 aliphatic rings. The van der Waals surface area contributed by atoms with E-state index in [1.807, 2.05) is 6.92 Å². The van der Waals surface area contributed by atoms with Gasteiger partial charge in [0, 0.05) is 11.7 Å². The van der Waals surface area contributed by atoms with Gasteiger partial charge in [0.05, 0.1) is 23.7 Å². The molecule has 1 amide bonds. The van der Waals surface area contributed by atoms with Gasteiger partial charge in [-0.25, -0.2) is 4.98 Å². The first kappa shape index (κ1) is 26.3. The quantitative estimate of drug-likeness (QED) is 0.263. The molecular weight excluding hydrogens is 472 g/mol. The van der Waals surface area contributed by atoms with Crippen molar-refractivity contribution in [3.63, 3.8) is 0 Å². The molecule has 188 valence electrons. The molecule has 0 spiro atoms. The number of amides is 1. The lowest BCUT2D eigenvalue weighted by molar-refractivity contribution is -0.143. The van der Waals surface area contributed by atoms with Crippen molar-refractivity contribution in [2.45, 2.75) is 57.9 Å². The number of aromatic nitrogens is 2. The van der Waals surface area contributed by atoms with Gasteiger partial charge >= 0.3 is 12.4 Å². The number of hydrogen-bond donors (Lipinski definition) is 1.